The minimum atomic E-state index is -0.388. The number of benzene rings is 1. The van der Waals surface area contributed by atoms with E-state index in [2.05, 4.69) is 5.32 Å². The van der Waals surface area contributed by atoms with Crippen LogP contribution in [0.1, 0.15) is 40.2 Å². The van der Waals surface area contributed by atoms with E-state index in [4.69, 9.17) is 4.74 Å². The van der Waals surface area contributed by atoms with Crippen LogP contribution in [0.25, 0.3) is 6.08 Å². The van der Waals surface area contributed by atoms with E-state index in [-0.39, 0.29) is 11.9 Å². The summed E-state index contributed by atoms with van der Waals surface area (Å²) in [6.45, 7) is 6.00. The van der Waals surface area contributed by atoms with Crippen LogP contribution in [0.15, 0.2) is 36.4 Å². The largest absolute Gasteiger partial charge is 0.462 e. The van der Waals surface area contributed by atoms with Crippen LogP contribution < -0.4 is 5.32 Å². The maximum atomic E-state index is 12.2. The van der Waals surface area contributed by atoms with Crippen molar-refractivity contribution in [2.75, 3.05) is 11.9 Å². The molecule has 2 aromatic rings. The van der Waals surface area contributed by atoms with Crippen molar-refractivity contribution in [2.24, 2.45) is 0 Å². The number of amides is 1. The zero-order valence-electron chi connectivity index (χ0n) is 14.1. The number of anilines is 1. The Morgan fingerprint density at radius 1 is 1.21 bits per heavy atom. The number of rotatable bonds is 6. The maximum absolute atomic E-state index is 12.2. The second-order valence-electron chi connectivity index (χ2n) is 5.15. The van der Waals surface area contributed by atoms with Crippen LogP contribution in [0.5, 0.6) is 0 Å². The summed E-state index contributed by atoms with van der Waals surface area (Å²) < 4.78 is 5.13. The molecule has 1 N–H and O–H groups in total. The third-order valence-electron chi connectivity index (χ3n) is 3.51. The first-order valence-corrected chi connectivity index (χ1v) is 8.71. The Morgan fingerprint density at radius 2 is 1.92 bits per heavy atom. The van der Waals surface area contributed by atoms with Crippen molar-refractivity contribution in [3.63, 3.8) is 0 Å². The van der Waals surface area contributed by atoms with Gasteiger partial charge >= 0.3 is 5.97 Å². The van der Waals surface area contributed by atoms with Crippen LogP contribution in [0.3, 0.4) is 0 Å². The normalized spacial score (nSPS) is 10.8. The number of nitrogens with one attached hydrogen (secondary N) is 1. The second-order valence-corrected chi connectivity index (χ2v) is 6.37. The molecule has 126 valence electrons. The van der Waals surface area contributed by atoms with E-state index in [0.29, 0.717) is 23.6 Å². The maximum Gasteiger partial charge on any atom is 0.341 e. The minimum absolute atomic E-state index is 0.270. The Balaban J connectivity index is 2.21. The SMILES string of the molecule is CCOC(=O)c1c(NC(=O)/C=C/c2ccccc2)sc(C)c1CC. The predicted molar refractivity (Wildman–Crippen MR) is 98.5 cm³/mol. The Morgan fingerprint density at radius 3 is 2.54 bits per heavy atom. The molecule has 0 saturated carbocycles. The molecule has 1 aromatic carbocycles. The van der Waals surface area contributed by atoms with Gasteiger partial charge in [0.2, 0.25) is 5.91 Å². The molecule has 4 nitrogen and oxygen atoms in total. The van der Waals surface area contributed by atoms with E-state index in [1.54, 1.807) is 13.0 Å². The molecule has 1 amide bonds. The summed E-state index contributed by atoms with van der Waals surface area (Å²) in [5, 5.41) is 3.35. The molecular formula is C19H21NO3S. The lowest BCUT2D eigenvalue weighted by Crippen LogP contribution is -2.13. The first-order valence-electron chi connectivity index (χ1n) is 7.90. The third kappa shape index (κ3) is 4.32. The molecule has 0 saturated heterocycles. The van der Waals surface area contributed by atoms with E-state index in [0.717, 1.165) is 16.0 Å². The van der Waals surface area contributed by atoms with Crippen LogP contribution in [0, 0.1) is 6.92 Å². The van der Waals surface area contributed by atoms with Crippen LogP contribution in [-0.4, -0.2) is 18.5 Å². The molecule has 1 heterocycles. The first-order chi connectivity index (χ1) is 11.6. The highest BCUT2D eigenvalue weighted by Crippen LogP contribution is 2.34. The number of aryl methyl sites for hydroxylation is 1. The van der Waals surface area contributed by atoms with Gasteiger partial charge in [0.15, 0.2) is 0 Å². The number of hydrogen-bond donors (Lipinski definition) is 1. The summed E-state index contributed by atoms with van der Waals surface area (Å²) >= 11 is 1.40. The van der Waals surface area contributed by atoms with Crippen molar-refractivity contribution >= 4 is 34.3 Å². The highest BCUT2D eigenvalue weighted by molar-refractivity contribution is 7.16. The number of esters is 1. The van der Waals surface area contributed by atoms with Crippen LogP contribution >= 0.6 is 11.3 Å². The highest BCUT2D eigenvalue weighted by Gasteiger charge is 2.22. The van der Waals surface area contributed by atoms with E-state index in [1.807, 2.05) is 44.2 Å². The van der Waals surface area contributed by atoms with Gasteiger partial charge in [0.1, 0.15) is 5.00 Å². The van der Waals surface area contributed by atoms with Gasteiger partial charge in [-0.15, -0.1) is 11.3 Å². The second kappa shape index (κ2) is 8.45. The topological polar surface area (TPSA) is 55.4 Å². The van der Waals surface area contributed by atoms with Gasteiger partial charge in [-0.05, 0) is 37.5 Å². The number of thiophene rings is 1. The molecule has 0 atom stereocenters. The summed E-state index contributed by atoms with van der Waals surface area (Å²) in [6, 6.07) is 9.57. The average molecular weight is 343 g/mol. The van der Waals surface area contributed by atoms with Gasteiger partial charge in [-0.2, -0.15) is 0 Å². The molecule has 24 heavy (non-hydrogen) atoms. The Kier molecular flexibility index (Phi) is 6.32. The van der Waals surface area contributed by atoms with Crippen LogP contribution in [0.2, 0.25) is 0 Å². The molecule has 2 rings (SSSR count). The molecule has 0 bridgehead atoms. The molecule has 0 unspecified atom stereocenters. The molecule has 5 heteroatoms. The van der Waals surface area contributed by atoms with E-state index < -0.39 is 0 Å². The fourth-order valence-electron chi connectivity index (χ4n) is 2.40. The van der Waals surface area contributed by atoms with Crippen LogP contribution in [0.4, 0.5) is 5.00 Å². The van der Waals surface area contributed by atoms with Gasteiger partial charge in [-0.25, -0.2) is 4.79 Å². The lowest BCUT2D eigenvalue weighted by molar-refractivity contribution is -0.111. The Hall–Kier alpha value is -2.40. The van der Waals surface area contributed by atoms with Crippen molar-refractivity contribution in [2.45, 2.75) is 27.2 Å². The summed E-state index contributed by atoms with van der Waals surface area (Å²) in [5.41, 5.74) is 2.35. The highest BCUT2D eigenvalue weighted by atomic mass is 32.1. The van der Waals surface area contributed by atoms with Crippen molar-refractivity contribution < 1.29 is 14.3 Å². The lowest BCUT2D eigenvalue weighted by atomic mass is 10.1. The third-order valence-corrected chi connectivity index (χ3v) is 4.57. The predicted octanol–water partition coefficient (Wildman–Crippen LogP) is 4.45. The molecular weight excluding hydrogens is 322 g/mol. The van der Waals surface area contributed by atoms with Gasteiger partial charge in [0, 0.05) is 11.0 Å². The average Bonchev–Trinajstić information content (AvgIpc) is 2.89. The smallest absolute Gasteiger partial charge is 0.341 e. The zero-order valence-corrected chi connectivity index (χ0v) is 14.9. The lowest BCUT2D eigenvalue weighted by Gasteiger charge is -2.06. The summed E-state index contributed by atoms with van der Waals surface area (Å²) in [4.78, 5) is 25.4. The standard InChI is InChI=1S/C19H21NO3S/c1-4-15-13(3)24-18(17(15)19(22)23-5-2)20-16(21)12-11-14-9-7-6-8-10-14/h6-12H,4-5H2,1-3H3,(H,20,21)/b12-11+. The van der Waals surface area contributed by atoms with Gasteiger partial charge in [0.05, 0.1) is 12.2 Å². The van der Waals surface area contributed by atoms with Crippen molar-refractivity contribution in [3.05, 3.63) is 58.0 Å². The monoisotopic (exact) mass is 343 g/mol. The number of ether oxygens (including phenoxy) is 1. The van der Waals surface area contributed by atoms with E-state index >= 15 is 0 Å². The molecule has 0 fully saturated rings. The number of hydrogen-bond acceptors (Lipinski definition) is 4. The molecule has 0 spiro atoms. The Labute approximate surface area is 146 Å². The van der Waals surface area contributed by atoms with Gasteiger partial charge in [-0.1, -0.05) is 37.3 Å². The summed E-state index contributed by atoms with van der Waals surface area (Å²) in [6.07, 6.45) is 3.91. The van der Waals surface area contributed by atoms with Crippen LogP contribution in [-0.2, 0) is 16.0 Å². The minimum Gasteiger partial charge on any atom is -0.462 e. The molecule has 1 aromatic heterocycles. The quantitative estimate of drug-likeness (QED) is 0.623. The van der Waals surface area contributed by atoms with Crippen molar-refractivity contribution in [1.82, 2.24) is 0 Å². The van der Waals surface area contributed by atoms with Gasteiger partial charge < -0.3 is 10.1 Å². The molecule has 0 radical (unpaired) electrons. The summed E-state index contributed by atoms with van der Waals surface area (Å²) in [7, 11) is 0. The zero-order chi connectivity index (χ0) is 17.5. The fourth-order valence-corrected chi connectivity index (χ4v) is 3.54. The number of carbonyl (C=O) groups is 2. The first kappa shape index (κ1) is 17.9. The fraction of sp³-hybridized carbons (Fsp3) is 0.263. The summed E-state index contributed by atoms with van der Waals surface area (Å²) in [5.74, 6) is -0.658. The molecule has 0 aliphatic heterocycles. The number of carbonyl (C=O) groups excluding carboxylic acids is 2. The van der Waals surface area contributed by atoms with E-state index in [9.17, 15) is 9.59 Å². The van der Waals surface area contributed by atoms with Gasteiger partial charge in [0.25, 0.3) is 0 Å². The Bertz CT molecular complexity index is 747. The van der Waals surface area contributed by atoms with Crippen molar-refractivity contribution in [1.29, 1.82) is 0 Å². The molecule has 0 aliphatic carbocycles. The van der Waals surface area contributed by atoms with E-state index in [1.165, 1.54) is 17.4 Å². The van der Waals surface area contributed by atoms with Gasteiger partial charge in [-0.3, -0.25) is 4.79 Å². The molecule has 0 aliphatic rings. The van der Waals surface area contributed by atoms with Crippen molar-refractivity contribution in [3.8, 4) is 0 Å².